The molecule has 5 nitrogen and oxygen atoms in total. The molecule has 0 unspecified atom stereocenters. The van der Waals surface area contributed by atoms with E-state index in [1.807, 2.05) is 6.92 Å². The Balaban J connectivity index is 2.91. The number of aromatic nitrogens is 2. The van der Waals surface area contributed by atoms with E-state index in [9.17, 15) is 0 Å². The van der Waals surface area contributed by atoms with Gasteiger partial charge in [0.2, 0.25) is 5.88 Å². The van der Waals surface area contributed by atoms with E-state index < -0.39 is 0 Å². The lowest BCUT2D eigenvalue weighted by Gasteiger charge is -2.02. The summed E-state index contributed by atoms with van der Waals surface area (Å²) < 4.78 is 5.15. The van der Waals surface area contributed by atoms with Gasteiger partial charge < -0.3 is 9.94 Å². The highest BCUT2D eigenvalue weighted by Gasteiger charge is 2.02. The van der Waals surface area contributed by atoms with Crippen LogP contribution in [0.1, 0.15) is 19.7 Å². The number of hydrogen-bond donors (Lipinski definition) is 1. The molecule has 1 N–H and O–H groups in total. The Hall–Kier alpha value is -1.65. The molecule has 0 aliphatic carbocycles. The smallest absolute Gasteiger partial charge is 0.216 e. The summed E-state index contributed by atoms with van der Waals surface area (Å²) in [5.74, 6) is 0.851. The van der Waals surface area contributed by atoms with E-state index in [1.54, 1.807) is 19.2 Å². The molecule has 0 bridgehead atoms. The van der Waals surface area contributed by atoms with Crippen molar-refractivity contribution in [3.63, 3.8) is 0 Å². The fraction of sp³-hybridized carbons (Fsp3) is 0.375. The molecule has 0 spiro atoms. The Bertz CT molecular complexity index is 312. The molecule has 0 aromatic carbocycles. The number of hydrogen-bond acceptors (Lipinski definition) is 5. The molecular weight excluding hydrogens is 170 g/mol. The summed E-state index contributed by atoms with van der Waals surface area (Å²) in [5.41, 5.74) is 0.363. The zero-order valence-electron chi connectivity index (χ0n) is 7.56. The Labute approximate surface area is 76.1 Å². The first-order valence-corrected chi connectivity index (χ1v) is 3.92. The van der Waals surface area contributed by atoms with Gasteiger partial charge in [0.25, 0.3) is 0 Å². The highest BCUT2D eigenvalue weighted by atomic mass is 16.5. The van der Waals surface area contributed by atoms with Gasteiger partial charge in [-0.2, -0.15) is 4.98 Å². The van der Waals surface area contributed by atoms with Crippen molar-refractivity contribution in [3.8, 4) is 5.88 Å². The minimum absolute atomic E-state index is 0.363. The predicted octanol–water partition coefficient (Wildman–Crippen LogP) is 1.07. The van der Waals surface area contributed by atoms with Gasteiger partial charge in [0, 0.05) is 12.3 Å². The molecular formula is C8H11N3O2. The van der Waals surface area contributed by atoms with Gasteiger partial charge >= 0.3 is 0 Å². The first-order valence-electron chi connectivity index (χ1n) is 3.92. The second kappa shape index (κ2) is 4.39. The molecule has 0 amide bonds. The SMILES string of the molecule is CCOc1ccnc(C(C)=NO)n1. The molecule has 70 valence electrons. The van der Waals surface area contributed by atoms with Gasteiger partial charge in [-0.3, -0.25) is 0 Å². The van der Waals surface area contributed by atoms with E-state index in [0.717, 1.165) is 0 Å². The molecule has 0 saturated heterocycles. The summed E-state index contributed by atoms with van der Waals surface area (Å²) in [6.07, 6.45) is 1.56. The molecule has 0 aliphatic rings. The summed E-state index contributed by atoms with van der Waals surface area (Å²) in [6, 6.07) is 1.65. The van der Waals surface area contributed by atoms with Crippen molar-refractivity contribution in [2.24, 2.45) is 5.16 Å². The summed E-state index contributed by atoms with van der Waals surface area (Å²) in [6.45, 7) is 4.03. The predicted molar refractivity (Wildman–Crippen MR) is 47.2 cm³/mol. The zero-order valence-corrected chi connectivity index (χ0v) is 7.56. The van der Waals surface area contributed by atoms with Crippen molar-refractivity contribution in [2.75, 3.05) is 6.61 Å². The topological polar surface area (TPSA) is 67.6 Å². The number of oxime groups is 1. The summed E-state index contributed by atoms with van der Waals surface area (Å²) in [7, 11) is 0. The van der Waals surface area contributed by atoms with Crippen LogP contribution in [-0.2, 0) is 0 Å². The Morgan fingerprint density at radius 2 is 2.46 bits per heavy atom. The van der Waals surface area contributed by atoms with E-state index in [1.165, 1.54) is 0 Å². The molecule has 1 rings (SSSR count). The molecule has 1 heterocycles. The van der Waals surface area contributed by atoms with E-state index in [2.05, 4.69) is 15.1 Å². The van der Waals surface area contributed by atoms with Crippen LogP contribution < -0.4 is 4.74 Å². The van der Waals surface area contributed by atoms with Crippen LogP contribution in [0, 0.1) is 0 Å². The van der Waals surface area contributed by atoms with Crippen LogP contribution in [0.4, 0.5) is 0 Å². The Morgan fingerprint density at radius 1 is 1.69 bits per heavy atom. The van der Waals surface area contributed by atoms with Crippen molar-refractivity contribution < 1.29 is 9.94 Å². The fourth-order valence-electron chi connectivity index (χ4n) is 0.789. The molecule has 1 aromatic heterocycles. The Morgan fingerprint density at radius 3 is 3.08 bits per heavy atom. The second-order valence-corrected chi connectivity index (χ2v) is 2.34. The van der Waals surface area contributed by atoms with Gasteiger partial charge in [-0.1, -0.05) is 5.16 Å². The van der Waals surface area contributed by atoms with Gasteiger partial charge in [0.1, 0.15) is 5.71 Å². The van der Waals surface area contributed by atoms with Crippen LogP contribution >= 0.6 is 0 Å². The molecule has 0 saturated carbocycles. The van der Waals surface area contributed by atoms with Crippen molar-refractivity contribution >= 4 is 5.71 Å². The summed E-state index contributed by atoms with van der Waals surface area (Å²) in [4.78, 5) is 7.92. The van der Waals surface area contributed by atoms with Crippen LogP contribution in [0.25, 0.3) is 0 Å². The van der Waals surface area contributed by atoms with E-state index in [4.69, 9.17) is 9.94 Å². The number of rotatable bonds is 3. The highest BCUT2D eigenvalue weighted by molar-refractivity contribution is 5.94. The third-order valence-corrected chi connectivity index (χ3v) is 1.40. The zero-order chi connectivity index (χ0) is 9.68. The largest absolute Gasteiger partial charge is 0.478 e. The minimum Gasteiger partial charge on any atom is -0.478 e. The second-order valence-electron chi connectivity index (χ2n) is 2.34. The molecule has 1 aromatic rings. The molecule has 5 heteroatoms. The standard InChI is InChI=1S/C8H11N3O2/c1-3-13-7-4-5-9-8(10-7)6(2)11-12/h4-5,12H,3H2,1-2H3. The molecule has 0 atom stereocenters. The van der Waals surface area contributed by atoms with Crippen LogP contribution in [-0.4, -0.2) is 27.5 Å². The Kier molecular flexibility index (Phi) is 3.19. The molecule has 13 heavy (non-hydrogen) atoms. The van der Waals surface area contributed by atoms with Gasteiger partial charge in [0.05, 0.1) is 6.61 Å². The van der Waals surface area contributed by atoms with Crippen LogP contribution in [0.15, 0.2) is 17.4 Å². The van der Waals surface area contributed by atoms with Crippen molar-refractivity contribution in [2.45, 2.75) is 13.8 Å². The van der Waals surface area contributed by atoms with Crippen molar-refractivity contribution in [3.05, 3.63) is 18.1 Å². The molecule has 0 aliphatic heterocycles. The fourth-order valence-corrected chi connectivity index (χ4v) is 0.789. The maximum absolute atomic E-state index is 8.48. The maximum atomic E-state index is 8.48. The minimum atomic E-state index is 0.363. The summed E-state index contributed by atoms with van der Waals surface area (Å²) >= 11 is 0. The van der Waals surface area contributed by atoms with Gasteiger partial charge in [0.15, 0.2) is 5.82 Å². The van der Waals surface area contributed by atoms with E-state index >= 15 is 0 Å². The number of nitrogens with zero attached hydrogens (tertiary/aromatic N) is 3. The van der Waals surface area contributed by atoms with Gasteiger partial charge in [-0.25, -0.2) is 4.98 Å². The van der Waals surface area contributed by atoms with E-state index in [0.29, 0.717) is 24.0 Å². The lowest BCUT2D eigenvalue weighted by Crippen LogP contribution is -2.04. The lowest BCUT2D eigenvalue weighted by molar-refractivity contribution is 0.317. The quantitative estimate of drug-likeness (QED) is 0.430. The van der Waals surface area contributed by atoms with Crippen molar-refractivity contribution in [1.82, 2.24) is 9.97 Å². The third-order valence-electron chi connectivity index (χ3n) is 1.40. The monoisotopic (exact) mass is 181 g/mol. The van der Waals surface area contributed by atoms with Crippen LogP contribution in [0.3, 0.4) is 0 Å². The first kappa shape index (κ1) is 9.44. The molecule has 0 fully saturated rings. The average Bonchev–Trinajstić information content (AvgIpc) is 2.18. The van der Waals surface area contributed by atoms with E-state index in [-0.39, 0.29) is 0 Å². The maximum Gasteiger partial charge on any atom is 0.216 e. The van der Waals surface area contributed by atoms with Gasteiger partial charge in [-0.15, -0.1) is 0 Å². The van der Waals surface area contributed by atoms with Gasteiger partial charge in [-0.05, 0) is 13.8 Å². The normalized spacial score (nSPS) is 11.4. The van der Waals surface area contributed by atoms with Crippen LogP contribution in [0.5, 0.6) is 5.88 Å². The number of ether oxygens (including phenoxy) is 1. The lowest BCUT2D eigenvalue weighted by atomic mass is 10.4. The molecule has 0 radical (unpaired) electrons. The summed E-state index contributed by atoms with van der Waals surface area (Å²) in [5, 5.41) is 11.5. The average molecular weight is 181 g/mol. The highest BCUT2D eigenvalue weighted by Crippen LogP contribution is 2.05. The first-order chi connectivity index (χ1) is 6.27. The third kappa shape index (κ3) is 2.40. The van der Waals surface area contributed by atoms with Crippen molar-refractivity contribution in [1.29, 1.82) is 0 Å². The van der Waals surface area contributed by atoms with Crippen LogP contribution in [0.2, 0.25) is 0 Å².